The minimum Gasteiger partial charge on any atom is -0.489 e. The van der Waals surface area contributed by atoms with E-state index in [4.69, 9.17) is 4.74 Å². The van der Waals surface area contributed by atoms with Crippen molar-refractivity contribution in [1.82, 2.24) is 19.0 Å². The third kappa shape index (κ3) is 4.64. The van der Waals surface area contributed by atoms with E-state index in [9.17, 15) is 9.59 Å². The fourth-order valence-corrected chi connectivity index (χ4v) is 4.21. The third-order valence-corrected chi connectivity index (χ3v) is 5.77. The maximum atomic E-state index is 12.6. The summed E-state index contributed by atoms with van der Waals surface area (Å²) < 4.78 is 9.46. The molecular formula is C23H29N5O3. The number of hydrogen-bond donors (Lipinski definition) is 1. The van der Waals surface area contributed by atoms with Gasteiger partial charge in [-0.1, -0.05) is 0 Å². The molecule has 0 spiro atoms. The normalized spacial score (nSPS) is 15.3. The minimum atomic E-state index is -0.0497. The Morgan fingerprint density at radius 1 is 1.13 bits per heavy atom. The van der Waals surface area contributed by atoms with Gasteiger partial charge in [0.05, 0.1) is 23.8 Å². The van der Waals surface area contributed by atoms with Crippen molar-refractivity contribution in [2.75, 3.05) is 25.0 Å². The zero-order chi connectivity index (χ0) is 21.8. The molecule has 2 aromatic heterocycles. The van der Waals surface area contributed by atoms with Crippen LogP contribution in [-0.2, 0) is 17.9 Å². The molecule has 1 amide bonds. The number of aryl methyl sites for hydroxylation is 2. The monoisotopic (exact) mass is 423 g/mol. The van der Waals surface area contributed by atoms with E-state index in [-0.39, 0.29) is 17.7 Å². The maximum Gasteiger partial charge on any atom is 0.329 e. The Bertz CT molecular complexity index is 1100. The zero-order valence-electron chi connectivity index (χ0n) is 18.1. The Balaban J connectivity index is 1.34. The van der Waals surface area contributed by atoms with E-state index in [1.807, 2.05) is 44.2 Å². The number of nitrogens with zero attached hydrogens (tertiary/aromatic N) is 4. The van der Waals surface area contributed by atoms with E-state index in [1.54, 1.807) is 21.5 Å². The summed E-state index contributed by atoms with van der Waals surface area (Å²) >= 11 is 0. The average Bonchev–Trinajstić information content (AvgIpc) is 3.05. The lowest BCUT2D eigenvalue weighted by atomic mass is 10.1. The van der Waals surface area contributed by atoms with Crippen LogP contribution in [0.25, 0.3) is 11.0 Å². The molecule has 31 heavy (non-hydrogen) atoms. The van der Waals surface area contributed by atoms with Gasteiger partial charge in [0.1, 0.15) is 11.9 Å². The highest BCUT2D eigenvalue weighted by Gasteiger charge is 2.22. The van der Waals surface area contributed by atoms with Crippen molar-refractivity contribution in [1.29, 1.82) is 0 Å². The number of carbonyl (C=O) groups excluding carboxylic acids is 1. The van der Waals surface area contributed by atoms with Crippen molar-refractivity contribution >= 4 is 22.6 Å². The number of pyridine rings is 1. The summed E-state index contributed by atoms with van der Waals surface area (Å²) in [6.45, 7) is 7.09. The molecule has 0 unspecified atom stereocenters. The molecule has 3 heterocycles. The van der Waals surface area contributed by atoms with E-state index in [1.165, 1.54) is 0 Å². The molecule has 4 rings (SSSR count). The summed E-state index contributed by atoms with van der Waals surface area (Å²) in [5.74, 6) is 0.739. The van der Waals surface area contributed by atoms with Gasteiger partial charge in [-0.15, -0.1) is 0 Å². The van der Waals surface area contributed by atoms with Crippen molar-refractivity contribution in [3.05, 3.63) is 53.2 Å². The lowest BCUT2D eigenvalue weighted by molar-refractivity contribution is -0.117. The Hall–Kier alpha value is -3.13. The second kappa shape index (κ2) is 9.34. The molecule has 3 aromatic rings. The number of rotatable bonds is 7. The number of ether oxygens (including phenoxy) is 1. The highest BCUT2D eigenvalue weighted by Crippen LogP contribution is 2.20. The van der Waals surface area contributed by atoms with Gasteiger partial charge in [0.2, 0.25) is 5.91 Å². The summed E-state index contributed by atoms with van der Waals surface area (Å²) in [4.78, 5) is 31.3. The van der Waals surface area contributed by atoms with Gasteiger partial charge in [-0.05, 0) is 57.0 Å². The quantitative estimate of drug-likeness (QED) is 0.632. The smallest absolute Gasteiger partial charge is 0.329 e. The number of aromatic nitrogens is 3. The Kier molecular flexibility index (Phi) is 6.36. The number of imidazole rings is 1. The van der Waals surface area contributed by atoms with Gasteiger partial charge in [0.25, 0.3) is 0 Å². The Labute approximate surface area is 181 Å². The lowest BCUT2D eigenvalue weighted by Gasteiger charge is -2.31. The molecule has 0 saturated carbocycles. The first-order valence-corrected chi connectivity index (χ1v) is 10.9. The summed E-state index contributed by atoms with van der Waals surface area (Å²) in [7, 11) is 0. The van der Waals surface area contributed by atoms with Crippen LogP contribution in [0, 0.1) is 0 Å². The van der Waals surface area contributed by atoms with Gasteiger partial charge in [-0.3, -0.25) is 23.8 Å². The molecule has 0 aliphatic carbocycles. The number of hydrogen-bond acceptors (Lipinski definition) is 5. The number of carbonyl (C=O) groups is 1. The van der Waals surface area contributed by atoms with Crippen LogP contribution < -0.4 is 15.7 Å². The van der Waals surface area contributed by atoms with Crippen molar-refractivity contribution in [2.24, 2.45) is 0 Å². The molecule has 8 heteroatoms. The van der Waals surface area contributed by atoms with E-state index >= 15 is 0 Å². The van der Waals surface area contributed by atoms with Gasteiger partial charge in [-0.2, -0.15) is 0 Å². The SMILES string of the molecule is CCn1c(=O)n(CC)c2cc(NC(=O)CN3CCC(Oc4cccnc4)CC3)ccc21. The van der Waals surface area contributed by atoms with Crippen LogP contribution in [0.4, 0.5) is 5.69 Å². The number of benzene rings is 1. The molecule has 1 saturated heterocycles. The topological polar surface area (TPSA) is 81.4 Å². The Morgan fingerprint density at radius 3 is 2.55 bits per heavy atom. The van der Waals surface area contributed by atoms with Crippen molar-refractivity contribution < 1.29 is 9.53 Å². The summed E-state index contributed by atoms with van der Waals surface area (Å²) in [5, 5.41) is 2.99. The van der Waals surface area contributed by atoms with Crippen LogP contribution in [0.3, 0.4) is 0 Å². The van der Waals surface area contributed by atoms with Crippen LogP contribution in [0.2, 0.25) is 0 Å². The number of fused-ring (bicyclic) bond motifs is 1. The largest absolute Gasteiger partial charge is 0.489 e. The first-order chi connectivity index (χ1) is 15.1. The maximum absolute atomic E-state index is 12.6. The molecule has 1 fully saturated rings. The first-order valence-electron chi connectivity index (χ1n) is 10.9. The first kappa shape index (κ1) is 21.1. The van der Waals surface area contributed by atoms with E-state index < -0.39 is 0 Å². The lowest BCUT2D eigenvalue weighted by Crippen LogP contribution is -2.42. The van der Waals surface area contributed by atoms with Gasteiger partial charge in [-0.25, -0.2) is 4.79 Å². The molecule has 1 aromatic carbocycles. The van der Waals surface area contributed by atoms with Crippen molar-refractivity contribution in [3.63, 3.8) is 0 Å². The fraction of sp³-hybridized carbons (Fsp3) is 0.435. The van der Waals surface area contributed by atoms with Crippen LogP contribution in [0.5, 0.6) is 5.75 Å². The van der Waals surface area contributed by atoms with Gasteiger partial charge >= 0.3 is 5.69 Å². The molecule has 1 aliphatic rings. The minimum absolute atomic E-state index is 0.0140. The van der Waals surface area contributed by atoms with Gasteiger partial charge < -0.3 is 10.1 Å². The van der Waals surface area contributed by atoms with Crippen LogP contribution in [0.1, 0.15) is 26.7 Å². The standard InChI is InChI=1S/C23H29N5O3/c1-3-27-20-8-7-17(14-21(20)28(4-2)23(27)30)25-22(29)16-26-12-9-18(10-13-26)31-19-6-5-11-24-15-19/h5-8,11,14-15,18H,3-4,9-10,12-13,16H2,1-2H3,(H,25,29). The number of likely N-dealkylation sites (tertiary alicyclic amines) is 1. The van der Waals surface area contributed by atoms with Crippen molar-refractivity contribution in [3.8, 4) is 5.75 Å². The predicted octanol–water partition coefficient (Wildman–Crippen LogP) is 2.72. The molecule has 1 N–H and O–H groups in total. The molecule has 0 bridgehead atoms. The summed E-state index contributed by atoms with van der Waals surface area (Å²) in [6, 6.07) is 9.43. The van der Waals surface area contributed by atoms with Gasteiger partial charge in [0, 0.05) is 38.1 Å². The second-order valence-corrected chi connectivity index (χ2v) is 7.80. The van der Waals surface area contributed by atoms with Crippen LogP contribution in [-0.4, -0.2) is 50.7 Å². The number of nitrogens with one attached hydrogen (secondary N) is 1. The van der Waals surface area contributed by atoms with Crippen molar-refractivity contribution in [2.45, 2.75) is 45.9 Å². The number of anilines is 1. The summed E-state index contributed by atoms with van der Waals surface area (Å²) in [5.41, 5.74) is 2.44. The molecule has 0 radical (unpaired) electrons. The predicted molar refractivity (Wildman–Crippen MR) is 121 cm³/mol. The average molecular weight is 424 g/mol. The van der Waals surface area contributed by atoms with Crippen LogP contribution >= 0.6 is 0 Å². The van der Waals surface area contributed by atoms with Crippen LogP contribution in [0.15, 0.2) is 47.5 Å². The highest BCUT2D eigenvalue weighted by atomic mass is 16.5. The third-order valence-electron chi connectivity index (χ3n) is 5.77. The molecule has 1 aliphatic heterocycles. The number of piperidine rings is 1. The fourth-order valence-electron chi connectivity index (χ4n) is 4.21. The van der Waals surface area contributed by atoms with E-state index in [0.717, 1.165) is 42.7 Å². The van der Waals surface area contributed by atoms with Gasteiger partial charge in [0.15, 0.2) is 0 Å². The molecular weight excluding hydrogens is 394 g/mol. The summed E-state index contributed by atoms with van der Waals surface area (Å²) in [6.07, 6.45) is 5.36. The molecule has 0 atom stereocenters. The molecule has 8 nitrogen and oxygen atoms in total. The second-order valence-electron chi connectivity index (χ2n) is 7.80. The molecule has 164 valence electrons. The van der Waals surface area contributed by atoms with E-state index in [2.05, 4.69) is 15.2 Å². The Morgan fingerprint density at radius 2 is 1.87 bits per heavy atom. The van der Waals surface area contributed by atoms with E-state index in [0.29, 0.717) is 25.3 Å². The zero-order valence-corrected chi connectivity index (χ0v) is 18.1. The number of amides is 1. The highest BCUT2D eigenvalue weighted by molar-refractivity contribution is 5.94.